The van der Waals surface area contributed by atoms with Gasteiger partial charge in [-0.1, -0.05) is 0 Å². The van der Waals surface area contributed by atoms with E-state index in [1.165, 1.54) is 0 Å². The molecule has 2 rings (SSSR count). The average molecular weight is 247 g/mol. The van der Waals surface area contributed by atoms with Gasteiger partial charge in [0.1, 0.15) is 5.75 Å². The molecule has 0 aromatic heterocycles. The Labute approximate surface area is 109 Å². The van der Waals surface area contributed by atoms with E-state index in [1.54, 1.807) is 7.11 Å². The fourth-order valence-electron chi connectivity index (χ4n) is 2.57. The number of methoxy groups -OCH3 is 1. The third kappa shape index (κ3) is 2.56. The van der Waals surface area contributed by atoms with Gasteiger partial charge in [0.15, 0.2) is 5.78 Å². The molecule has 1 N–H and O–H groups in total. The number of Topliss-reactive ketones (excluding diaryl/α,β-unsaturated/α-hetero) is 1. The van der Waals surface area contributed by atoms with Crippen LogP contribution >= 0.6 is 0 Å². The SMILES string of the molecule is COc1cc(C)c(C(=O)C2CCCNC2)cc1C. The number of aryl methyl sites for hydroxylation is 2. The first-order chi connectivity index (χ1) is 8.63. The smallest absolute Gasteiger partial charge is 0.167 e. The first-order valence-corrected chi connectivity index (χ1v) is 6.53. The molecule has 3 heteroatoms. The van der Waals surface area contributed by atoms with Gasteiger partial charge in [-0.15, -0.1) is 0 Å². The molecule has 1 heterocycles. The van der Waals surface area contributed by atoms with E-state index < -0.39 is 0 Å². The number of ether oxygens (including phenoxy) is 1. The summed E-state index contributed by atoms with van der Waals surface area (Å²) < 4.78 is 5.28. The van der Waals surface area contributed by atoms with Crippen molar-refractivity contribution in [2.75, 3.05) is 20.2 Å². The number of hydrogen-bond acceptors (Lipinski definition) is 3. The van der Waals surface area contributed by atoms with Crippen LogP contribution in [-0.4, -0.2) is 26.0 Å². The molecule has 1 aromatic carbocycles. The maximum Gasteiger partial charge on any atom is 0.167 e. The molecule has 1 aliphatic heterocycles. The molecule has 1 aliphatic rings. The predicted molar refractivity (Wildman–Crippen MR) is 72.4 cm³/mol. The Balaban J connectivity index is 2.27. The second-order valence-corrected chi connectivity index (χ2v) is 5.04. The van der Waals surface area contributed by atoms with Gasteiger partial charge < -0.3 is 10.1 Å². The third-order valence-corrected chi connectivity index (χ3v) is 3.67. The van der Waals surface area contributed by atoms with Gasteiger partial charge in [-0.2, -0.15) is 0 Å². The zero-order valence-corrected chi connectivity index (χ0v) is 11.4. The molecule has 0 aliphatic carbocycles. The number of benzene rings is 1. The van der Waals surface area contributed by atoms with Gasteiger partial charge in [-0.05, 0) is 56.5 Å². The average Bonchev–Trinajstić information content (AvgIpc) is 2.41. The van der Waals surface area contributed by atoms with Gasteiger partial charge >= 0.3 is 0 Å². The molecule has 0 saturated carbocycles. The van der Waals surface area contributed by atoms with E-state index in [4.69, 9.17) is 4.74 Å². The van der Waals surface area contributed by atoms with Crippen LogP contribution in [0.2, 0.25) is 0 Å². The van der Waals surface area contributed by atoms with Gasteiger partial charge in [0, 0.05) is 18.0 Å². The van der Waals surface area contributed by atoms with Crippen LogP contribution in [0.25, 0.3) is 0 Å². The lowest BCUT2D eigenvalue weighted by Gasteiger charge is -2.22. The van der Waals surface area contributed by atoms with Gasteiger partial charge in [0.05, 0.1) is 7.11 Å². The quantitative estimate of drug-likeness (QED) is 0.834. The molecule has 0 amide bonds. The highest BCUT2D eigenvalue weighted by molar-refractivity contribution is 5.99. The second kappa shape index (κ2) is 5.53. The Morgan fingerprint density at radius 1 is 1.33 bits per heavy atom. The van der Waals surface area contributed by atoms with Crippen molar-refractivity contribution in [3.8, 4) is 5.75 Å². The minimum Gasteiger partial charge on any atom is -0.496 e. The number of rotatable bonds is 3. The number of piperidine rings is 1. The fraction of sp³-hybridized carbons (Fsp3) is 0.533. The number of ketones is 1. The molecule has 1 saturated heterocycles. The van der Waals surface area contributed by atoms with Crippen LogP contribution in [0.5, 0.6) is 5.75 Å². The summed E-state index contributed by atoms with van der Waals surface area (Å²) >= 11 is 0. The molecule has 0 radical (unpaired) electrons. The molecule has 1 aromatic rings. The summed E-state index contributed by atoms with van der Waals surface area (Å²) in [7, 11) is 1.66. The molecular formula is C15H21NO2. The van der Waals surface area contributed by atoms with Crippen molar-refractivity contribution in [3.05, 3.63) is 28.8 Å². The number of carbonyl (C=O) groups is 1. The highest BCUT2D eigenvalue weighted by Crippen LogP contribution is 2.25. The largest absolute Gasteiger partial charge is 0.496 e. The van der Waals surface area contributed by atoms with Crippen molar-refractivity contribution in [1.29, 1.82) is 0 Å². The topological polar surface area (TPSA) is 38.3 Å². The maximum atomic E-state index is 12.5. The molecule has 3 nitrogen and oxygen atoms in total. The first kappa shape index (κ1) is 13.1. The Hall–Kier alpha value is -1.35. The number of carbonyl (C=O) groups excluding carboxylic acids is 1. The van der Waals surface area contributed by atoms with Crippen LogP contribution in [0, 0.1) is 19.8 Å². The van der Waals surface area contributed by atoms with Crippen LogP contribution in [0.1, 0.15) is 34.3 Å². The summed E-state index contributed by atoms with van der Waals surface area (Å²) in [6.07, 6.45) is 2.08. The summed E-state index contributed by atoms with van der Waals surface area (Å²) in [5, 5.41) is 3.30. The predicted octanol–water partition coefficient (Wildman–Crippen LogP) is 2.49. The number of hydrogen-bond donors (Lipinski definition) is 1. The summed E-state index contributed by atoms with van der Waals surface area (Å²) in [6, 6.07) is 3.92. The lowest BCUT2D eigenvalue weighted by molar-refractivity contribution is 0.0899. The van der Waals surface area contributed by atoms with Crippen molar-refractivity contribution in [3.63, 3.8) is 0 Å². The van der Waals surface area contributed by atoms with Crippen molar-refractivity contribution in [2.45, 2.75) is 26.7 Å². The highest BCUT2D eigenvalue weighted by Gasteiger charge is 2.23. The maximum absolute atomic E-state index is 12.5. The Bertz CT molecular complexity index is 448. The van der Waals surface area contributed by atoms with E-state index in [9.17, 15) is 4.79 Å². The molecule has 1 unspecified atom stereocenters. The van der Waals surface area contributed by atoms with Crippen LogP contribution in [0.3, 0.4) is 0 Å². The van der Waals surface area contributed by atoms with Gasteiger partial charge in [-0.25, -0.2) is 0 Å². The van der Waals surface area contributed by atoms with E-state index in [0.717, 1.165) is 48.4 Å². The molecule has 0 spiro atoms. The minimum absolute atomic E-state index is 0.130. The van der Waals surface area contributed by atoms with Crippen LogP contribution in [-0.2, 0) is 0 Å². The van der Waals surface area contributed by atoms with E-state index in [-0.39, 0.29) is 11.7 Å². The Morgan fingerprint density at radius 3 is 2.72 bits per heavy atom. The van der Waals surface area contributed by atoms with E-state index in [2.05, 4.69) is 5.32 Å². The second-order valence-electron chi connectivity index (χ2n) is 5.04. The van der Waals surface area contributed by atoms with E-state index in [1.807, 2.05) is 26.0 Å². The monoisotopic (exact) mass is 247 g/mol. The highest BCUT2D eigenvalue weighted by atomic mass is 16.5. The molecule has 0 bridgehead atoms. The summed E-state index contributed by atoms with van der Waals surface area (Å²) in [6.45, 7) is 5.80. The van der Waals surface area contributed by atoms with Crippen LogP contribution < -0.4 is 10.1 Å². The fourth-order valence-corrected chi connectivity index (χ4v) is 2.57. The van der Waals surface area contributed by atoms with Crippen LogP contribution in [0.15, 0.2) is 12.1 Å². The van der Waals surface area contributed by atoms with Crippen molar-refractivity contribution in [2.24, 2.45) is 5.92 Å². The lowest BCUT2D eigenvalue weighted by Crippen LogP contribution is -2.34. The molecule has 98 valence electrons. The van der Waals surface area contributed by atoms with Gasteiger partial charge in [0.25, 0.3) is 0 Å². The molecule has 18 heavy (non-hydrogen) atoms. The molecular weight excluding hydrogens is 226 g/mol. The number of nitrogens with one attached hydrogen (secondary N) is 1. The first-order valence-electron chi connectivity index (χ1n) is 6.53. The van der Waals surface area contributed by atoms with E-state index >= 15 is 0 Å². The Kier molecular flexibility index (Phi) is 4.02. The zero-order valence-electron chi connectivity index (χ0n) is 11.4. The lowest BCUT2D eigenvalue weighted by atomic mass is 9.88. The van der Waals surface area contributed by atoms with Crippen LogP contribution in [0.4, 0.5) is 0 Å². The minimum atomic E-state index is 0.130. The van der Waals surface area contributed by atoms with E-state index in [0.29, 0.717) is 0 Å². The zero-order chi connectivity index (χ0) is 13.1. The standard InChI is InChI=1S/C15H21NO2/c1-10-8-14(18-3)11(2)7-13(10)15(17)12-5-4-6-16-9-12/h7-8,12,16H,4-6,9H2,1-3H3. The Morgan fingerprint density at radius 2 is 2.11 bits per heavy atom. The van der Waals surface area contributed by atoms with Crippen molar-refractivity contribution < 1.29 is 9.53 Å². The summed E-state index contributed by atoms with van der Waals surface area (Å²) in [4.78, 5) is 12.5. The third-order valence-electron chi connectivity index (χ3n) is 3.67. The molecule has 1 atom stereocenters. The van der Waals surface area contributed by atoms with Gasteiger partial charge in [0.2, 0.25) is 0 Å². The normalized spacial score (nSPS) is 19.6. The van der Waals surface area contributed by atoms with Crippen molar-refractivity contribution in [1.82, 2.24) is 5.32 Å². The van der Waals surface area contributed by atoms with Crippen molar-refractivity contribution >= 4 is 5.78 Å². The van der Waals surface area contributed by atoms with Gasteiger partial charge in [-0.3, -0.25) is 4.79 Å². The molecule has 1 fully saturated rings. The summed E-state index contributed by atoms with van der Waals surface area (Å²) in [5.74, 6) is 1.25. The summed E-state index contributed by atoms with van der Waals surface area (Å²) in [5.41, 5.74) is 2.88.